The van der Waals surface area contributed by atoms with Crippen LogP contribution in [0.2, 0.25) is 0 Å². The summed E-state index contributed by atoms with van der Waals surface area (Å²) in [5.41, 5.74) is 1.38. The highest BCUT2D eigenvalue weighted by molar-refractivity contribution is 7.14. The van der Waals surface area contributed by atoms with Crippen molar-refractivity contribution in [3.8, 4) is 0 Å². The molecule has 0 fully saturated rings. The van der Waals surface area contributed by atoms with E-state index >= 15 is 0 Å². The van der Waals surface area contributed by atoms with Crippen molar-refractivity contribution in [3.63, 3.8) is 0 Å². The molecule has 2 heterocycles. The highest BCUT2D eigenvalue weighted by Crippen LogP contribution is 2.19. The fourth-order valence-corrected chi connectivity index (χ4v) is 4.30. The van der Waals surface area contributed by atoms with Crippen LogP contribution in [0.4, 0.5) is 5.13 Å². The smallest absolute Gasteiger partial charge is 0.299 e. The SMILES string of the molecule is CC(=O)Nc1nc(C(=O)N=c2sccn2Cc2cccc3ccccc23)cs1. The Balaban J connectivity index is 1.62. The van der Waals surface area contributed by atoms with Crippen LogP contribution in [-0.2, 0) is 11.3 Å². The normalized spacial score (nSPS) is 11.7. The highest BCUT2D eigenvalue weighted by Gasteiger charge is 2.11. The average molecular weight is 409 g/mol. The molecule has 0 atom stereocenters. The van der Waals surface area contributed by atoms with Crippen molar-refractivity contribution in [3.05, 3.63) is 75.5 Å². The number of benzene rings is 2. The first-order chi connectivity index (χ1) is 13.6. The van der Waals surface area contributed by atoms with Crippen LogP contribution in [0.5, 0.6) is 0 Å². The second-order valence-electron chi connectivity index (χ2n) is 6.09. The summed E-state index contributed by atoms with van der Waals surface area (Å²) < 4.78 is 1.95. The van der Waals surface area contributed by atoms with E-state index in [1.807, 2.05) is 34.3 Å². The molecule has 0 saturated heterocycles. The molecular weight excluding hydrogens is 392 g/mol. The van der Waals surface area contributed by atoms with E-state index in [2.05, 4.69) is 39.6 Å². The molecule has 0 aliphatic carbocycles. The molecule has 0 spiro atoms. The Bertz CT molecular complexity index is 1230. The largest absolute Gasteiger partial charge is 0.319 e. The van der Waals surface area contributed by atoms with Crippen LogP contribution in [0.3, 0.4) is 0 Å². The molecule has 4 aromatic rings. The zero-order valence-electron chi connectivity index (χ0n) is 15.0. The van der Waals surface area contributed by atoms with Crippen molar-refractivity contribution in [2.75, 3.05) is 5.32 Å². The molecule has 0 radical (unpaired) electrons. The minimum absolute atomic E-state index is 0.221. The van der Waals surface area contributed by atoms with E-state index in [0.717, 1.165) is 5.56 Å². The predicted octanol–water partition coefficient (Wildman–Crippen LogP) is 3.91. The zero-order chi connectivity index (χ0) is 19.5. The van der Waals surface area contributed by atoms with Gasteiger partial charge in [-0.3, -0.25) is 9.59 Å². The molecule has 140 valence electrons. The van der Waals surface area contributed by atoms with Crippen LogP contribution >= 0.6 is 22.7 Å². The number of fused-ring (bicyclic) bond motifs is 1. The number of anilines is 1. The lowest BCUT2D eigenvalue weighted by molar-refractivity contribution is -0.114. The van der Waals surface area contributed by atoms with Crippen LogP contribution in [-0.4, -0.2) is 21.4 Å². The van der Waals surface area contributed by atoms with Crippen LogP contribution in [0.25, 0.3) is 10.8 Å². The van der Waals surface area contributed by atoms with E-state index < -0.39 is 5.91 Å². The van der Waals surface area contributed by atoms with E-state index in [-0.39, 0.29) is 11.6 Å². The van der Waals surface area contributed by atoms with Gasteiger partial charge in [-0.15, -0.1) is 22.7 Å². The second-order valence-corrected chi connectivity index (χ2v) is 7.82. The number of aromatic nitrogens is 2. The number of hydrogen-bond acceptors (Lipinski definition) is 5. The van der Waals surface area contributed by atoms with Crippen molar-refractivity contribution >= 4 is 50.4 Å². The van der Waals surface area contributed by atoms with Gasteiger partial charge in [0.15, 0.2) is 9.93 Å². The summed E-state index contributed by atoms with van der Waals surface area (Å²) in [4.78, 5) is 32.6. The number of nitrogens with one attached hydrogen (secondary N) is 1. The third-order valence-corrected chi connectivity index (χ3v) is 5.64. The Morgan fingerprint density at radius 1 is 1.14 bits per heavy atom. The van der Waals surface area contributed by atoms with E-state index in [9.17, 15) is 9.59 Å². The Kier molecular flexibility index (Phi) is 5.14. The Morgan fingerprint density at radius 3 is 2.82 bits per heavy atom. The summed E-state index contributed by atoms with van der Waals surface area (Å²) in [6.07, 6.45) is 1.92. The number of amides is 2. The van der Waals surface area contributed by atoms with Gasteiger partial charge in [0.2, 0.25) is 5.91 Å². The number of rotatable bonds is 4. The minimum atomic E-state index is -0.429. The summed E-state index contributed by atoms with van der Waals surface area (Å²) in [7, 11) is 0. The Labute approximate surface area is 168 Å². The van der Waals surface area contributed by atoms with Crippen molar-refractivity contribution < 1.29 is 9.59 Å². The van der Waals surface area contributed by atoms with Gasteiger partial charge in [0, 0.05) is 23.9 Å². The van der Waals surface area contributed by atoms with Crippen LogP contribution in [0.15, 0.2) is 64.4 Å². The first-order valence-electron chi connectivity index (χ1n) is 8.53. The minimum Gasteiger partial charge on any atom is -0.319 e. The maximum Gasteiger partial charge on any atom is 0.299 e. The van der Waals surface area contributed by atoms with Gasteiger partial charge in [0.1, 0.15) is 5.69 Å². The number of hydrogen-bond donors (Lipinski definition) is 1. The lowest BCUT2D eigenvalue weighted by Gasteiger charge is -2.07. The lowest BCUT2D eigenvalue weighted by atomic mass is 10.0. The molecule has 0 unspecified atom stereocenters. The molecule has 0 aliphatic heterocycles. The van der Waals surface area contributed by atoms with E-state index in [4.69, 9.17) is 0 Å². The second kappa shape index (κ2) is 7.87. The summed E-state index contributed by atoms with van der Waals surface area (Å²) in [5.74, 6) is -0.654. The maximum absolute atomic E-state index is 12.5. The predicted molar refractivity (Wildman–Crippen MR) is 112 cm³/mol. The van der Waals surface area contributed by atoms with Crippen molar-refractivity contribution in [1.82, 2.24) is 9.55 Å². The van der Waals surface area contributed by atoms with Gasteiger partial charge >= 0.3 is 0 Å². The third kappa shape index (κ3) is 3.92. The number of nitrogens with zero attached hydrogens (tertiary/aromatic N) is 3. The van der Waals surface area contributed by atoms with Gasteiger partial charge in [-0.1, -0.05) is 42.5 Å². The van der Waals surface area contributed by atoms with Gasteiger partial charge in [0.05, 0.1) is 6.54 Å². The summed E-state index contributed by atoms with van der Waals surface area (Å²) >= 11 is 2.60. The van der Waals surface area contributed by atoms with Gasteiger partial charge in [-0.25, -0.2) is 4.98 Å². The van der Waals surface area contributed by atoms with Crippen LogP contribution < -0.4 is 10.1 Å². The fourth-order valence-electron chi connectivity index (χ4n) is 2.85. The number of carbonyl (C=O) groups is 2. The molecule has 0 saturated carbocycles. The third-order valence-electron chi connectivity index (χ3n) is 4.08. The van der Waals surface area contributed by atoms with Gasteiger partial charge in [0.25, 0.3) is 5.91 Å². The van der Waals surface area contributed by atoms with Crippen LogP contribution in [0.1, 0.15) is 23.0 Å². The van der Waals surface area contributed by atoms with Crippen molar-refractivity contribution in [2.45, 2.75) is 13.5 Å². The van der Waals surface area contributed by atoms with E-state index in [1.54, 1.807) is 5.38 Å². The molecule has 2 aromatic heterocycles. The standard InChI is InChI=1S/C20H16N4O2S2/c1-13(25)21-19-22-17(12-28-19)18(26)23-20-24(9-10-27-20)11-15-7-4-6-14-5-2-3-8-16(14)15/h2-10,12H,11H2,1H3,(H,21,22,25). The fraction of sp³-hybridized carbons (Fsp3) is 0.100. The maximum atomic E-state index is 12.5. The monoisotopic (exact) mass is 408 g/mol. The Morgan fingerprint density at radius 2 is 1.96 bits per heavy atom. The zero-order valence-corrected chi connectivity index (χ0v) is 16.6. The van der Waals surface area contributed by atoms with E-state index in [0.29, 0.717) is 16.5 Å². The molecule has 1 N–H and O–H groups in total. The molecular formula is C20H16N4O2S2. The quantitative estimate of drug-likeness (QED) is 0.556. The molecule has 2 amide bonds. The molecule has 0 bridgehead atoms. The molecule has 0 aliphatic rings. The van der Waals surface area contributed by atoms with Gasteiger partial charge < -0.3 is 9.88 Å². The summed E-state index contributed by atoms with van der Waals surface area (Å²) in [6, 6.07) is 14.4. The average Bonchev–Trinajstić information content (AvgIpc) is 3.31. The Hall–Kier alpha value is -3.10. The molecule has 4 rings (SSSR count). The molecule has 8 heteroatoms. The van der Waals surface area contributed by atoms with E-state index in [1.165, 1.54) is 40.4 Å². The first-order valence-corrected chi connectivity index (χ1v) is 10.3. The highest BCUT2D eigenvalue weighted by atomic mass is 32.1. The van der Waals surface area contributed by atoms with Crippen molar-refractivity contribution in [1.29, 1.82) is 0 Å². The number of thiazole rings is 2. The number of carbonyl (C=O) groups excluding carboxylic acids is 2. The molecule has 6 nitrogen and oxygen atoms in total. The first kappa shape index (κ1) is 18.3. The summed E-state index contributed by atoms with van der Waals surface area (Å²) in [5, 5.41) is 8.82. The van der Waals surface area contributed by atoms with Gasteiger partial charge in [-0.05, 0) is 16.3 Å². The van der Waals surface area contributed by atoms with Crippen molar-refractivity contribution in [2.24, 2.45) is 4.99 Å². The topological polar surface area (TPSA) is 76.3 Å². The molecule has 28 heavy (non-hydrogen) atoms. The molecule has 2 aromatic carbocycles. The van der Waals surface area contributed by atoms with Gasteiger partial charge in [-0.2, -0.15) is 4.99 Å². The lowest BCUT2D eigenvalue weighted by Crippen LogP contribution is -2.17. The summed E-state index contributed by atoms with van der Waals surface area (Å²) in [6.45, 7) is 2.01. The van der Waals surface area contributed by atoms with Crippen LogP contribution in [0, 0.1) is 0 Å².